The molecule has 38 heavy (non-hydrogen) atoms. The molecule has 0 spiro atoms. The fourth-order valence-corrected chi connectivity index (χ4v) is 6.04. The van der Waals surface area contributed by atoms with E-state index in [9.17, 15) is 4.79 Å². The zero-order valence-electron chi connectivity index (χ0n) is 22.2. The number of rotatable bonds is 8. The molecule has 0 radical (unpaired) electrons. The van der Waals surface area contributed by atoms with Crippen LogP contribution in [-0.4, -0.2) is 36.9 Å². The van der Waals surface area contributed by atoms with Crippen LogP contribution >= 0.6 is 0 Å². The second-order valence-corrected chi connectivity index (χ2v) is 10.6. The van der Waals surface area contributed by atoms with Crippen LogP contribution in [0.15, 0.2) is 41.2 Å². The van der Waals surface area contributed by atoms with Gasteiger partial charge in [0, 0.05) is 29.6 Å². The molecule has 1 N–H and O–H groups in total. The second-order valence-electron chi connectivity index (χ2n) is 10.6. The maximum absolute atomic E-state index is 13.3. The lowest BCUT2D eigenvalue weighted by atomic mass is 10.0. The Morgan fingerprint density at radius 1 is 1.08 bits per heavy atom. The van der Waals surface area contributed by atoms with Gasteiger partial charge in [-0.2, -0.15) is 0 Å². The third-order valence-electron chi connectivity index (χ3n) is 7.90. The number of hydrogen-bond donors (Lipinski definition) is 1. The Balaban J connectivity index is 1.40. The van der Waals surface area contributed by atoms with Crippen molar-refractivity contribution >= 4 is 10.9 Å². The molecule has 0 amide bonds. The van der Waals surface area contributed by atoms with Crippen LogP contribution in [0.25, 0.3) is 10.9 Å². The Kier molecular flexibility index (Phi) is 6.61. The average molecular weight is 515 g/mol. The number of pyridine rings is 1. The first kappa shape index (κ1) is 24.6. The minimum atomic E-state index is -0.0663. The maximum atomic E-state index is 13.3. The molecular formula is C29H34N6O3. The molecule has 0 saturated heterocycles. The van der Waals surface area contributed by atoms with Crippen molar-refractivity contribution in [1.29, 1.82) is 0 Å². The van der Waals surface area contributed by atoms with Crippen LogP contribution in [0.2, 0.25) is 0 Å². The summed E-state index contributed by atoms with van der Waals surface area (Å²) in [5.41, 5.74) is 4.89. The number of fused-ring (bicyclic) bond motifs is 2. The first-order chi connectivity index (χ1) is 18.5. The smallest absolute Gasteiger partial charge is 0.252 e. The molecule has 9 heteroatoms. The van der Waals surface area contributed by atoms with Gasteiger partial charge in [-0.15, -0.1) is 5.10 Å². The van der Waals surface area contributed by atoms with Crippen molar-refractivity contribution in [2.45, 2.75) is 78.0 Å². The molecule has 1 aliphatic carbocycles. The number of nitrogens with one attached hydrogen (secondary N) is 1. The average Bonchev–Trinajstić information content (AvgIpc) is 3.67. The molecule has 1 fully saturated rings. The van der Waals surface area contributed by atoms with Gasteiger partial charge in [0.1, 0.15) is 0 Å². The van der Waals surface area contributed by atoms with Crippen molar-refractivity contribution in [3.8, 4) is 11.5 Å². The van der Waals surface area contributed by atoms with E-state index in [1.165, 1.54) is 12.8 Å². The van der Waals surface area contributed by atoms with Crippen molar-refractivity contribution < 1.29 is 9.47 Å². The van der Waals surface area contributed by atoms with Crippen LogP contribution in [-0.2, 0) is 13.1 Å². The number of hydrogen-bond acceptors (Lipinski definition) is 7. The summed E-state index contributed by atoms with van der Waals surface area (Å²) < 4.78 is 13.2. The summed E-state index contributed by atoms with van der Waals surface area (Å²) in [6.07, 6.45) is 5.40. The number of H-pyrrole nitrogens is 1. The van der Waals surface area contributed by atoms with Gasteiger partial charge in [0.05, 0.1) is 12.1 Å². The number of benzene rings is 2. The monoisotopic (exact) mass is 514 g/mol. The summed E-state index contributed by atoms with van der Waals surface area (Å²) in [5, 5.41) is 14.1. The van der Waals surface area contributed by atoms with E-state index in [-0.39, 0.29) is 18.4 Å². The fraction of sp³-hybridized carbons (Fsp3) is 0.448. The van der Waals surface area contributed by atoms with Crippen molar-refractivity contribution in [2.75, 3.05) is 6.79 Å². The molecule has 3 heterocycles. The van der Waals surface area contributed by atoms with Gasteiger partial charge in [-0.1, -0.05) is 31.9 Å². The molecule has 2 aromatic heterocycles. The standard InChI is InChI=1S/C29H34N6O3/c1-4-25(28-31-32-33-35(28)22-7-5-6-8-22)34(15-20-9-10-26-27(13-20)38-17-37-26)16-21-14-23-19(3)11-18(2)12-24(23)30-29(21)36/h9-14,22,25H,4-8,15-17H2,1-3H3,(H,30,36)/t25-/m0/s1. The zero-order valence-corrected chi connectivity index (χ0v) is 22.2. The predicted molar refractivity (Wildman–Crippen MR) is 144 cm³/mol. The van der Waals surface area contributed by atoms with E-state index >= 15 is 0 Å². The topological polar surface area (TPSA) is 98.2 Å². The van der Waals surface area contributed by atoms with E-state index in [1.807, 2.05) is 35.9 Å². The molecule has 2 aromatic carbocycles. The predicted octanol–water partition coefficient (Wildman–Crippen LogP) is 5.13. The normalized spacial score (nSPS) is 16.1. The molecule has 6 rings (SSSR count). The molecule has 1 atom stereocenters. The van der Waals surface area contributed by atoms with Gasteiger partial charge in [-0.05, 0) is 84.5 Å². The molecular weight excluding hydrogens is 480 g/mol. The Labute approximate surface area is 221 Å². The number of aromatic nitrogens is 5. The van der Waals surface area contributed by atoms with Crippen molar-refractivity contribution in [3.63, 3.8) is 0 Å². The highest BCUT2D eigenvalue weighted by Crippen LogP contribution is 2.36. The molecule has 0 unspecified atom stereocenters. The van der Waals surface area contributed by atoms with Crippen molar-refractivity contribution in [1.82, 2.24) is 30.1 Å². The highest BCUT2D eigenvalue weighted by molar-refractivity contribution is 5.83. The highest BCUT2D eigenvalue weighted by Gasteiger charge is 2.30. The summed E-state index contributed by atoms with van der Waals surface area (Å²) >= 11 is 0. The van der Waals surface area contributed by atoms with Crippen LogP contribution < -0.4 is 15.0 Å². The Hall–Kier alpha value is -3.72. The maximum Gasteiger partial charge on any atom is 0.252 e. The summed E-state index contributed by atoms with van der Waals surface area (Å²) in [5.74, 6) is 2.37. The van der Waals surface area contributed by atoms with E-state index in [2.05, 4.69) is 51.4 Å². The van der Waals surface area contributed by atoms with Crippen molar-refractivity contribution in [3.05, 3.63) is 74.8 Å². The van der Waals surface area contributed by atoms with Gasteiger partial charge in [0.2, 0.25) is 6.79 Å². The first-order valence-electron chi connectivity index (χ1n) is 13.5. The SMILES string of the molecule is CC[C@@H](c1nnnn1C1CCCC1)N(Cc1ccc2c(c1)OCO2)Cc1cc2c(C)cc(C)cc2[nH]c1=O. The summed E-state index contributed by atoms with van der Waals surface area (Å²) in [6.45, 7) is 7.60. The lowest BCUT2D eigenvalue weighted by Crippen LogP contribution is -2.32. The number of nitrogens with zero attached hydrogens (tertiary/aromatic N) is 5. The number of tetrazole rings is 1. The largest absolute Gasteiger partial charge is 0.454 e. The van der Waals surface area contributed by atoms with Crippen LogP contribution in [0, 0.1) is 13.8 Å². The Morgan fingerprint density at radius 2 is 1.89 bits per heavy atom. The number of aryl methyl sites for hydroxylation is 2. The Morgan fingerprint density at radius 3 is 2.71 bits per heavy atom. The highest BCUT2D eigenvalue weighted by atomic mass is 16.7. The first-order valence-corrected chi connectivity index (χ1v) is 13.5. The quantitative estimate of drug-likeness (QED) is 0.348. The van der Waals surface area contributed by atoms with E-state index in [0.29, 0.717) is 19.1 Å². The third-order valence-corrected chi connectivity index (χ3v) is 7.90. The summed E-state index contributed by atoms with van der Waals surface area (Å²) in [7, 11) is 0. The van der Waals surface area contributed by atoms with Gasteiger partial charge in [-0.3, -0.25) is 9.69 Å². The van der Waals surface area contributed by atoms with Crippen LogP contribution in [0.4, 0.5) is 0 Å². The molecule has 0 bridgehead atoms. The number of aromatic amines is 1. The lowest BCUT2D eigenvalue weighted by molar-refractivity contribution is 0.158. The zero-order chi connectivity index (χ0) is 26.2. The third kappa shape index (κ3) is 4.67. The minimum Gasteiger partial charge on any atom is -0.454 e. The molecule has 2 aliphatic rings. The van der Waals surface area contributed by atoms with Gasteiger partial charge in [0.25, 0.3) is 5.56 Å². The van der Waals surface area contributed by atoms with Crippen LogP contribution in [0.3, 0.4) is 0 Å². The second kappa shape index (κ2) is 10.2. The van der Waals surface area contributed by atoms with E-state index < -0.39 is 0 Å². The number of ether oxygens (including phenoxy) is 2. The van der Waals surface area contributed by atoms with Gasteiger partial charge < -0.3 is 14.5 Å². The van der Waals surface area contributed by atoms with Crippen LogP contribution in [0.5, 0.6) is 11.5 Å². The van der Waals surface area contributed by atoms with Gasteiger partial charge in [-0.25, -0.2) is 4.68 Å². The Bertz CT molecular complexity index is 1520. The van der Waals surface area contributed by atoms with E-state index in [4.69, 9.17) is 9.47 Å². The molecule has 198 valence electrons. The summed E-state index contributed by atoms with van der Waals surface area (Å²) in [4.78, 5) is 18.7. The van der Waals surface area contributed by atoms with Gasteiger partial charge >= 0.3 is 0 Å². The minimum absolute atomic E-state index is 0.0646. The summed E-state index contributed by atoms with van der Waals surface area (Å²) in [6, 6.07) is 12.5. The molecule has 9 nitrogen and oxygen atoms in total. The van der Waals surface area contributed by atoms with E-state index in [1.54, 1.807) is 0 Å². The van der Waals surface area contributed by atoms with Gasteiger partial charge in [0.15, 0.2) is 17.3 Å². The molecule has 1 saturated carbocycles. The molecule has 4 aromatic rings. The van der Waals surface area contributed by atoms with Crippen molar-refractivity contribution in [2.24, 2.45) is 0 Å². The lowest BCUT2D eigenvalue weighted by Gasteiger charge is -2.31. The fourth-order valence-electron chi connectivity index (χ4n) is 6.04. The van der Waals surface area contributed by atoms with Crippen LogP contribution in [0.1, 0.15) is 79.2 Å². The molecule has 1 aliphatic heterocycles. The van der Waals surface area contributed by atoms with E-state index in [0.717, 1.165) is 69.7 Å².